The van der Waals surface area contributed by atoms with Gasteiger partial charge in [0, 0.05) is 18.5 Å². The first-order chi connectivity index (χ1) is 9.87. The molecule has 0 radical (unpaired) electrons. The van der Waals surface area contributed by atoms with Crippen LogP contribution in [0.3, 0.4) is 0 Å². The Morgan fingerprint density at radius 3 is 2.67 bits per heavy atom. The number of amides is 1. The number of hydrogen-bond acceptors (Lipinski definition) is 4. The molecule has 0 saturated heterocycles. The molecule has 0 aliphatic heterocycles. The molecule has 0 aliphatic rings. The SMILES string of the molecule is CC(C(=O)NCCNS(C)(=O)=O)c1cc2ccccc2o1. The predicted molar refractivity (Wildman–Crippen MR) is 80.5 cm³/mol. The van der Waals surface area contributed by atoms with E-state index >= 15 is 0 Å². The van der Waals surface area contributed by atoms with E-state index in [4.69, 9.17) is 4.42 Å². The highest BCUT2D eigenvalue weighted by molar-refractivity contribution is 7.88. The smallest absolute Gasteiger partial charge is 0.230 e. The largest absolute Gasteiger partial charge is 0.460 e. The van der Waals surface area contributed by atoms with E-state index in [0.29, 0.717) is 5.76 Å². The zero-order valence-electron chi connectivity index (χ0n) is 11.9. The van der Waals surface area contributed by atoms with E-state index in [9.17, 15) is 13.2 Å². The summed E-state index contributed by atoms with van der Waals surface area (Å²) in [6.45, 7) is 2.14. The van der Waals surface area contributed by atoms with Crippen LogP contribution in [0.1, 0.15) is 18.6 Å². The van der Waals surface area contributed by atoms with Gasteiger partial charge in [-0.05, 0) is 19.1 Å². The second-order valence-electron chi connectivity index (χ2n) is 4.87. The van der Waals surface area contributed by atoms with Crippen molar-refractivity contribution in [3.8, 4) is 0 Å². The third-order valence-corrected chi connectivity index (χ3v) is 3.78. The Morgan fingerprint density at radius 1 is 1.29 bits per heavy atom. The maximum Gasteiger partial charge on any atom is 0.230 e. The zero-order chi connectivity index (χ0) is 15.5. The number of carbonyl (C=O) groups excluding carboxylic acids is 1. The third-order valence-electron chi connectivity index (χ3n) is 3.05. The monoisotopic (exact) mass is 310 g/mol. The lowest BCUT2D eigenvalue weighted by molar-refractivity contribution is -0.122. The summed E-state index contributed by atoms with van der Waals surface area (Å²) in [6.07, 6.45) is 1.08. The summed E-state index contributed by atoms with van der Waals surface area (Å²) in [7, 11) is -3.23. The molecule has 1 amide bonds. The predicted octanol–water partition coefficient (Wildman–Crippen LogP) is 1.20. The molecule has 0 fully saturated rings. The molecule has 0 aliphatic carbocycles. The second kappa shape index (κ2) is 6.28. The average molecular weight is 310 g/mol. The maximum atomic E-state index is 12.0. The molecule has 1 atom stereocenters. The molecule has 2 N–H and O–H groups in total. The van der Waals surface area contributed by atoms with Gasteiger partial charge < -0.3 is 9.73 Å². The maximum absolute atomic E-state index is 12.0. The lowest BCUT2D eigenvalue weighted by Gasteiger charge is -2.10. The van der Waals surface area contributed by atoms with Crippen LogP contribution >= 0.6 is 0 Å². The highest BCUT2D eigenvalue weighted by Gasteiger charge is 2.19. The van der Waals surface area contributed by atoms with E-state index in [1.165, 1.54) is 0 Å². The Morgan fingerprint density at radius 2 is 2.00 bits per heavy atom. The Bertz CT molecular complexity index is 703. The summed E-state index contributed by atoms with van der Waals surface area (Å²) in [5.74, 6) is -0.0511. The summed E-state index contributed by atoms with van der Waals surface area (Å²) >= 11 is 0. The first-order valence-electron chi connectivity index (χ1n) is 6.57. The van der Waals surface area contributed by atoms with Crippen molar-refractivity contribution in [1.29, 1.82) is 0 Å². The number of furan rings is 1. The molecule has 0 saturated carbocycles. The van der Waals surface area contributed by atoms with Gasteiger partial charge in [-0.15, -0.1) is 0 Å². The highest BCUT2D eigenvalue weighted by atomic mass is 32.2. The van der Waals surface area contributed by atoms with E-state index in [0.717, 1.165) is 17.2 Å². The van der Waals surface area contributed by atoms with Crippen LogP contribution < -0.4 is 10.0 Å². The van der Waals surface area contributed by atoms with Gasteiger partial charge in [0.15, 0.2) is 0 Å². The van der Waals surface area contributed by atoms with E-state index in [1.807, 2.05) is 30.3 Å². The van der Waals surface area contributed by atoms with Gasteiger partial charge in [-0.25, -0.2) is 13.1 Å². The van der Waals surface area contributed by atoms with Gasteiger partial charge in [-0.1, -0.05) is 18.2 Å². The van der Waals surface area contributed by atoms with Gasteiger partial charge in [0.05, 0.1) is 12.2 Å². The molecule has 1 heterocycles. The van der Waals surface area contributed by atoms with Crippen molar-refractivity contribution < 1.29 is 17.6 Å². The number of fused-ring (bicyclic) bond motifs is 1. The average Bonchev–Trinajstić information content (AvgIpc) is 2.85. The standard InChI is InChI=1S/C14H18N2O4S/c1-10(14(17)15-7-8-16-21(2,18)19)13-9-11-5-3-4-6-12(11)20-13/h3-6,9-10,16H,7-8H2,1-2H3,(H,15,17). The van der Waals surface area contributed by atoms with Crippen LogP contribution in [-0.4, -0.2) is 33.7 Å². The van der Waals surface area contributed by atoms with E-state index < -0.39 is 15.9 Å². The molecule has 21 heavy (non-hydrogen) atoms. The number of para-hydroxylation sites is 1. The van der Waals surface area contributed by atoms with Gasteiger partial charge in [0.2, 0.25) is 15.9 Å². The molecule has 2 aromatic rings. The van der Waals surface area contributed by atoms with Crippen molar-refractivity contribution in [1.82, 2.24) is 10.0 Å². The lowest BCUT2D eigenvalue weighted by Crippen LogP contribution is -2.35. The molecule has 2 rings (SSSR count). The molecule has 7 heteroatoms. The van der Waals surface area contributed by atoms with Gasteiger partial charge in [-0.2, -0.15) is 0 Å². The molecular weight excluding hydrogens is 292 g/mol. The number of benzene rings is 1. The molecule has 0 spiro atoms. The Labute approximate surface area is 123 Å². The fourth-order valence-corrected chi connectivity index (χ4v) is 2.39. The minimum Gasteiger partial charge on any atom is -0.460 e. The highest BCUT2D eigenvalue weighted by Crippen LogP contribution is 2.24. The number of rotatable bonds is 6. The molecular formula is C14H18N2O4S. The van der Waals surface area contributed by atoms with Gasteiger partial charge in [0.25, 0.3) is 0 Å². The van der Waals surface area contributed by atoms with Crippen molar-refractivity contribution >= 4 is 26.9 Å². The normalized spacial score (nSPS) is 13.2. The third kappa shape index (κ3) is 4.30. The van der Waals surface area contributed by atoms with Crippen molar-refractivity contribution in [2.45, 2.75) is 12.8 Å². The molecule has 1 aromatic carbocycles. The molecule has 6 nitrogen and oxygen atoms in total. The van der Waals surface area contributed by atoms with Crippen LogP contribution in [0, 0.1) is 0 Å². The van der Waals surface area contributed by atoms with E-state index in [1.54, 1.807) is 6.92 Å². The number of nitrogens with one attached hydrogen (secondary N) is 2. The minimum absolute atomic E-state index is 0.164. The second-order valence-corrected chi connectivity index (χ2v) is 6.70. The minimum atomic E-state index is -3.23. The van der Waals surface area contributed by atoms with Crippen molar-refractivity contribution in [2.24, 2.45) is 0 Å². The van der Waals surface area contributed by atoms with Crippen molar-refractivity contribution in [2.75, 3.05) is 19.3 Å². The fourth-order valence-electron chi connectivity index (χ4n) is 1.92. The topological polar surface area (TPSA) is 88.4 Å². The number of sulfonamides is 1. The zero-order valence-corrected chi connectivity index (χ0v) is 12.7. The van der Waals surface area contributed by atoms with Crippen molar-refractivity contribution in [3.63, 3.8) is 0 Å². The van der Waals surface area contributed by atoms with Crippen LogP contribution in [0.5, 0.6) is 0 Å². The Kier molecular flexibility index (Phi) is 4.64. The quantitative estimate of drug-likeness (QED) is 0.785. The van der Waals surface area contributed by atoms with Crippen LogP contribution in [0.25, 0.3) is 11.0 Å². The van der Waals surface area contributed by atoms with Crippen LogP contribution in [0.2, 0.25) is 0 Å². The van der Waals surface area contributed by atoms with Gasteiger partial charge >= 0.3 is 0 Å². The van der Waals surface area contributed by atoms with Gasteiger partial charge in [-0.3, -0.25) is 4.79 Å². The molecule has 1 aromatic heterocycles. The van der Waals surface area contributed by atoms with Crippen molar-refractivity contribution in [3.05, 3.63) is 36.1 Å². The Balaban J connectivity index is 1.93. The number of hydrogen-bond donors (Lipinski definition) is 2. The van der Waals surface area contributed by atoms with Crippen LogP contribution in [0.4, 0.5) is 0 Å². The van der Waals surface area contributed by atoms with Gasteiger partial charge in [0.1, 0.15) is 11.3 Å². The summed E-state index contributed by atoms with van der Waals surface area (Å²) in [6, 6.07) is 9.39. The first-order valence-corrected chi connectivity index (χ1v) is 8.47. The fraction of sp³-hybridized carbons (Fsp3) is 0.357. The van der Waals surface area contributed by atoms with E-state index in [-0.39, 0.29) is 19.0 Å². The Hall–Kier alpha value is -1.86. The summed E-state index contributed by atoms with van der Waals surface area (Å²) in [4.78, 5) is 12.0. The van der Waals surface area contributed by atoms with Crippen LogP contribution in [0.15, 0.2) is 34.7 Å². The first kappa shape index (κ1) is 15.5. The number of carbonyl (C=O) groups is 1. The summed E-state index contributed by atoms with van der Waals surface area (Å²) in [5.41, 5.74) is 0.742. The summed E-state index contributed by atoms with van der Waals surface area (Å²) in [5, 5.41) is 3.62. The van der Waals surface area contributed by atoms with E-state index in [2.05, 4.69) is 10.0 Å². The molecule has 114 valence electrons. The lowest BCUT2D eigenvalue weighted by atomic mass is 10.1. The van der Waals surface area contributed by atoms with Crippen LogP contribution in [-0.2, 0) is 14.8 Å². The molecule has 0 bridgehead atoms. The summed E-state index contributed by atoms with van der Waals surface area (Å²) < 4.78 is 29.7. The molecule has 1 unspecified atom stereocenters.